The van der Waals surface area contributed by atoms with Crippen molar-refractivity contribution in [2.75, 3.05) is 26.4 Å². The number of carbonyl (C=O) groups excluding carboxylic acids is 1. The van der Waals surface area contributed by atoms with E-state index in [1.54, 1.807) is 24.3 Å². The van der Waals surface area contributed by atoms with E-state index >= 15 is 0 Å². The molecule has 5 nitrogen and oxygen atoms in total. The van der Waals surface area contributed by atoms with Gasteiger partial charge in [-0.3, -0.25) is 10.1 Å². The Kier molecular flexibility index (Phi) is 8.38. The number of carbonyl (C=O) groups is 1. The molecule has 1 aromatic rings. The Hall–Kier alpha value is -1.66. The lowest BCUT2D eigenvalue weighted by molar-refractivity contribution is 0.0976. The SMILES string of the molecule is CCOCCCNC(=S)NC(=O)c1ccc(OCC)cc1. The van der Waals surface area contributed by atoms with E-state index in [-0.39, 0.29) is 5.91 Å². The first kappa shape index (κ1) is 17.4. The van der Waals surface area contributed by atoms with Crippen molar-refractivity contribution >= 4 is 23.2 Å². The summed E-state index contributed by atoms with van der Waals surface area (Å²) < 4.78 is 10.5. The number of nitrogens with one attached hydrogen (secondary N) is 2. The normalized spacial score (nSPS) is 10.0. The van der Waals surface area contributed by atoms with E-state index in [9.17, 15) is 4.79 Å². The van der Waals surface area contributed by atoms with E-state index in [2.05, 4.69) is 10.6 Å². The van der Waals surface area contributed by atoms with Crippen molar-refractivity contribution < 1.29 is 14.3 Å². The van der Waals surface area contributed by atoms with Crippen LogP contribution in [-0.2, 0) is 4.74 Å². The summed E-state index contributed by atoms with van der Waals surface area (Å²) in [6, 6.07) is 6.93. The van der Waals surface area contributed by atoms with E-state index < -0.39 is 0 Å². The molecule has 6 heteroatoms. The molecule has 116 valence electrons. The molecule has 0 fully saturated rings. The van der Waals surface area contributed by atoms with Gasteiger partial charge < -0.3 is 14.8 Å². The number of hydrogen-bond donors (Lipinski definition) is 2. The number of thiocarbonyl (C=S) groups is 1. The molecule has 0 aliphatic rings. The highest BCUT2D eigenvalue weighted by atomic mass is 32.1. The molecule has 1 rings (SSSR count). The Morgan fingerprint density at radius 3 is 2.52 bits per heavy atom. The Balaban J connectivity index is 2.33. The van der Waals surface area contributed by atoms with Crippen molar-refractivity contribution in [3.8, 4) is 5.75 Å². The molecule has 0 aromatic heterocycles. The topological polar surface area (TPSA) is 59.6 Å². The summed E-state index contributed by atoms with van der Waals surface area (Å²) in [6.45, 7) is 6.52. The fraction of sp³-hybridized carbons (Fsp3) is 0.467. The van der Waals surface area contributed by atoms with Gasteiger partial charge in [-0.25, -0.2) is 0 Å². The van der Waals surface area contributed by atoms with Crippen LogP contribution in [0, 0.1) is 0 Å². The van der Waals surface area contributed by atoms with Gasteiger partial charge in [0.25, 0.3) is 5.91 Å². The summed E-state index contributed by atoms with van der Waals surface area (Å²) in [4.78, 5) is 12.0. The highest BCUT2D eigenvalue weighted by Crippen LogP contribution is 2.11. The summed E-state index contributed by atoms with van der Waals surface area (Å²) in [5.41, 5.74) is 0.539. The zero-order valence-corrected chi connectivity index (χ0v) is 13.3. The van der Waals surface area contributed by atoms with Gasteiger partial charge in [-0.2, -0.15) is 0 Å². The second-order valence-electron chi connectivity index (χ2n) is 4.22. The molecular formula is C15H22N2O3S. The number of ether oxygens (including phenoxy) is 2. The second kappa shape index (κ2) is 10.1. The molecule has 0 unspecified atom stereocenters. The van der Waals surface area contributed by atoms with Crippen LogP contribution < -0.4 is 15.4 Å². The molecule has 1 amide bonds. The molecule has 21 heavy (non-hydrogen) atoms. The van der Waals surface area contributed by atoms with Crippen LogP contribution in [0.25, 0.3) is 0 Å². The Morgan fingerprint density at radius 1 is 1.19 bits per heavy atom. The third kappa shape index (κ3) is 7.06. The van der Waals surface area contributed by atoms with Crippen molar-refractivity contribution in [3.63, 3.8) is 0 Å². The van der Waals surface area contributed by atoms with Crippen LogP contribution in [0.3, 0.4) is 0 Å². The minimum absolute atomic E-state index is 0.236. The monoisotopic (exact) mass is 310 g/mol. The number of amides is 1. The van der Waals surface area contributed by atoms with Gasteiger partial charge in [0.05, 0.1) is 6.61 Å². The summed E-state index contributed by atoms with van der Waals surface area (Å²) in [5, 5.41) is 5.93. The lowest BCUT2D eigenvalue weighted by atomic mass is 10.2. The van der Waals surface area contributed by atoms with Crippen LogP contribution in [0.1, 0.15) is 30.6 Å². The van der Waals surface area contributed by atoms with E-state index in [4.69, 9.17) is 21.7 Å². The maximum Gasteiger partial charge on any atom is 0.257 e. The molecule has 2 N–H and O–H groups in total. The zero-order chi connectivity index (χ0) is 15.5. The minimum atomic E-state index is -0.236. The third-order valence-electron chi connectivity index (χ3n) is 2.61. The van der Waals surface area contributed by atoms with Gasteiger partial charge in [-0.05, 0) is 56.8 Å². The minimum Gasteiger partial charge on any atom is -0.494 e. The quantitative estimate of drug-likeness (QED) is 0.569. The van der Waals surface area contributed by atoms with Crippen LogP contribution in [0.4, 0.5) is 0 Å². The van der Waals surface area contributed by atoms with Crippen molar-refractivity contribution in [3.05, 3.63) is 29.8 Å². The third-order valence-corrected chi connectivity index (χ3v) is 2.86. The Bertz CT molecular complexity index is 449. The van der Waals surface area contributed by atoms with E-state index in [1.165, 1.54) is 0 Å². The highest BCUT2D eigenvalue weighted by molar-refractivity contribution is 7.80. The van der Waals surface area contributed by atoms with Crippen LogP contribution in [0.5, 0.6) is 5.75 Å². The van der Waals surface area contributed by atoms with E-state index in [0.29, 0.717) is 37.0 Å². The first-order chi connectivity index (χ1) is 10.2. The zero-order valence-electron chi connectivity index (χ0n) is 12.5. The van der Waals surface area contributed by atoms with Crippen molar-refractivity contribution in [2.24, 2.45) is 0 Å². The van der Waals surface area contributed by atoms with Crippen molar-refractivity contribution in [2.45, 2.75) is 20.3 Å². The standard InChI is InChI=1S/C15H22N2O3S/c1-3-19-11-5-10-16-15(21)17-14(18)12-6-8-13(9-7-12)20-4-2/h6-9H,3-5,10-11H2,1-2H3,(H2,16,17,18,21). The average Bonchev–Trinajstić information content (AvgIpc) is 2.48. The van der Waals surface area contributed by atoms with Crippen LogP contribution >= 0.6 is 12.2 Å². The van der Waals surface area contributed by atoms with Gasteiger partial charge in [0.1, 0.15) is 5.75 Å². The largest absolute Gasteiger partial charge is 0.494 e. The summed E-state index contributed by atoms with van der Waals surface area (Å²) in [6.07, 6.45) is 0.840. The lowest BCUT2D eigenvalue weighted by Gasteiger charge is -2.10. The smallest absolute Gasteiger partial charge is 0.257 e. The van der Waals surface area contributed by atoms with Crippen LogP contribution in [0.2, 0.25) is 0 Å². The lowest BCUT2D eigenvalue weighted by Crippen LogP contribution is -2.39. The first-order valence-corrected chi connectivity index (χ1v) is 7.48. The van der Waals surface area contributed by atoms with Crippen molar-refractivity contribution in [1.82, 2.24) is 10.6 Å². The highest BCUT2D eigenvalue weighted by Gasteiger charge is 2.07. The summed E-state index contributed by atoms with van der Waals surface area (Å²) in [7, 11) is 0. The maximum absolute atomic E-state index is 12.0. The molecule has 0 saturated carbocycles. The van der Waals surface area contributed by atoms with Gasteiger partial charge in [-0.15, -0.1) is 0 Å². The van der Waals surface area contributed by atoms with Crippen LogP contribution in [0.15, 0.2) is 24.3 Å². The van der Waals surface area contributed by atoms with E-state index in [1.807, 2.05) is 13.8 Å². The van der Waals surface area contributed by atoms with Crippen LogP contribution in [-0.4, -0.2) is 37.4 Å². The van der Waals surface area contributed by atoms with Gasteiger partial charge >= 0.3 is 0 Å². The summed E-state index contributed by atoms with van der Waals surface area (Å²) in [5.74, 6) is 0.506. The molecule has 0 aliphatic heterocycles. The predicted molar refractivity (Wildman–Crippen MR) is 86.8 cm³/mol. The number of hydrogen-bond acceptors (Lipinski definition) is 4. The van der Waals surface area contributed by atoms with Gasteiger partial charge in [0.2, 0.25) is 0 Å². The van der Waals surface area contributed by atoms with Gasteiger partial charge in [0, 0.05) is 25.3 Å². The van der Waals surface area contributed by atoms with E-state index in [0.717, 1.165) is 12.2 Å². The molecule has 0 bridgehead atoms. The Morgan fingerprint density at radius 2 is 1.90 bits per heavy atom. The number of rotatable bonds is 8. The Labute approximate surface area is 131 Å². The fourth-order valence-electron chi connectivity index (χ4n) is 1.61. The first-order valence-electron chi connectivity index (χ1n) is 7.07. The molecular weight excluding hydrogens is 288 g/mol. The molecule has 1 aromatic carbocycles. The maximum atomic E-state index is 12.0. The summed E-state index contributed by atoms with van der Waals surface area (Å²) >= 11 is 5.07. The molecule has 0 atom stereocenters. The second-order valence-corrected chi connectivity index (χ2v) is 4.63. The molecule has 0 radical (unpaired) electrons. The molecule has 0 saturated heterocycles. The molecule has 0 heterocycles. The predicted octanol–water partition coefficient (Wildman–Crippen LogP) is 2.12. The van der Waals surface area contributed by atoms with Gasteiger partial charge in [-0.1, -0.05) is 0 Å². The van der Waals surface area contributed by atoms with Gasteiger partial charge in [0.15, 0.2) is 5.11 Å². The molecule has 0 aliphatic carbocycles. The average molecular weight is 310 g/mol. The van der Waals surface area contributed by atoms with Crippen molar-refractivity contribution in [1.29, 1.82) is 0 Å². The molecule has 0 spiro atoms. The number of benzene rings is 1. The fourth-order valence-corrected chi connectivity index (χ4v) is 1.80.